The quantitative estimate of drug-likeness (QED) is 0.0804. The third-order valence-electron chi connectivity index (χ3n) is 11.3. The number of carbonyl (C=O) groups excluding carboxylic acids is 5. The number of nitrogens with one attached hydrogen (secondary N) is 4. The molecule has 2 saturated heterocycles. The molecular weight excluding hydrogens is 833 g/mol. The van der Waals surface area contributed by atoms with Crippen LogP contribution in [-0.4, -0.2) is 97.3 Å². The summed E-state index contributed by atoms with van der Waals surface area (Å²) < 4.78 is 15.5. The van der Waals surface area contributed by atoms with Crippen LogP contribution in [0.3, 0.4) is 0 Å². The molecule has 0 aliphatic carbocycles. The molecule has 2 aliphatic heterocycles. The van der Waals surface area contributed by atoms with Gasteiger partial charge < -0.3 is 40.6 Å². The monoisotopic (exact) mass is 880 g/mol. The Bertz CT molecular complexity index is 2730. The van der Waals surface area contributed by atoms with Gasteiger partial charge in [-0.05, 0) is 108 Å². The van der Waals surface area contributed by atoms with Crippen molar-refractivity contribution in [1.29, 1.82) is 0 Å². The van der Waals surface area contributed by atoms with Gasteiger partial charge in [-0.2, -0.15) is 0 Å². The predicted molar refractivity (Wildman–Crippen MR) is 242 cm³/mol. The molecule has 0 spiro atoms. The lowest BCUT2D eigenvalue weighted by molar-refractivity contribution is 0.0601. The molecule has 0 atom stereocenters. The number of hydrogen-bond acceptors (Lipinski definition) is 11. The van der Waals surface area contributed by atoms with Crippen molar-refractivity contribution in [2.24, 2.45) is 11.8 Å². The molecule has 4 heterocycles. The van der Waals surface area contributed by atoms with Gasteiger partial charge in [0.05, 0.1) is 29.6 Å². The van der Waals surface area contributed by atoms with Crippen LogP contribution in [0.15, 0.2) is 109 Å². The Hall–Kier alpha value is -7.56. The van der Waals surface area contributed by atoms with E-state index in [0.717, 1.165) is 25.7 Å². The van der Waals surface area contributed by atoms with Crippen LogP contribution in [0.1, 0.15) is 88.1 Å². The first kappa shape index (κ1) is 45.5. The molecule has 6 aromatic rings. The minimum absolute atomic E-state index is 0.117. The van der Waals surface area contributed by atoms with Gasteiger partial charge in [0.2, 0.25) is 0 Å². The highest BCUT2D eigenvalue weighted by molar-refractivity contribution is 6.18. The lowest BCUT2D eigenvalue weighted by atomic mass is 9.99. The van der Waals surface area contributed by atoms with Crippen molar-refractivity contribution >= 4 is 68.5 Å². The minimum Gasteiger partial charge on any atom is -0.478 e. The van der Waals surface area contributed by atoms with E-state index in [0.29, 0.717) is 95.3 Å². The highest BCUT2D eigenvalue weighted by Gasteiger charge is 2.23. The Morgan fingerprint density at radius 1 is 0.538 bits per heavy atom. The second-order valence-corrected chi connectivity index (χ2v) is 15.4. The van der Waals surface area contributed by atoms with Crippen molar-refractivity contribution in [3.05, 3.63) is 143 Å². The van der Waals surface area contributed by atoms with Crippen LogP contribution < -0.4 is 21.3 Å². The van der Waals surface area contributed by atoms with Gasteiger partial charge in [-0.1, -0.05) is 48.5 Å². The molecule has 8 rings (SSSR count). The highest BCUT2D eigenvalue weighted by atomic mass is 16.5. The molecule has 334 valence electrons. The summed E-state index contributed by atoms with van der Waals surface area (Å²) in [5, 5.41) is 23.0. The van der Waals surface area contributed by atoms with Gasteiger partial charge in [0.1, 0.15) is 0 Å². The minimum atomic E-state index is -1.07. The highest BCUT2D eigenvalue weighted by Crippen LogP contribution is 2.27. The van der Waals surface area contributed by atoms with Crippen molar-refractivity contribution in [1.82, 2.24) is 20.6 Å². The Balaban J connectivity index is 0.000000194. The van der Waals surface area contributed by atoms with E-state index < -0.39 is 23.8 Å². The second-order valence-electron chi connectivity index (χ2n) is 15.4. The van der Waals surface area contributed by atoms with Gasteiger partial charge >= 0.3 is 11.9 Å². The summed E-state index contributed by atoms with van der Waals surface area (Å²) >= 11 is 0. The van der Waals surface area contributed by atoms with E-state index >= 15 is 0 Å². The molecule has 16 heteroatoms. The fourth-order valence-corrected chi connectivity index (χ4v) is 7.76. The van der Waals surface area contributed by atoms with Crippen molar-refractivity contribution in [2.45, 2.75) is 25.7 Å². The van der Waals surface area contributed by atoms with Crippen molar-refractivity contribution in [2.75, 3.05) is 57.3 Å². The van der Waals surface area contributed by atoms with Crippen LogP contribution >= 0.6 is 0 Å². The second kappa shape index (κ2) is 21.7. The number of hydrogen-bond donors (Lipinski definition) is 5. The summed E-state index contributed by atoms with van der Waals surface area (Å²) in [5.74, 6) is -2.39. The van der Waals surface area contributed by atoms with Crippen LogP contribution in [0.5, 0.6) is 0 Å². The van der Waals surface area contributed by atoms with Gasteiger partial charge in [-0.15, -0.1) is 0 Å². The number of carboxylic acids is 1. The maximum Gasteiger partial charge on any atom is 0.338 e. The maximum absolute atomic E-state index is 13.2. The van der Waals surface area contributed by atoms with Crippen molar-refractivity contribution in [3.8, 4) is 0 Å². The molecule has 0 bridgehead atoms. The smallest absolute Gasteiger partial charge is 0.338 e. The summed E-state index contributed by atoms with van der Waals surface area (Å²) in [7, 11) is 1.31. The molecule has 0 unspecified atom stereocenters. The summed E-state index contributed by atoms with van der Waals surface area (Å²) in [6.07, 6.45) is 6.61. The number of pyridine rings is 2. The van der Waals surface area contributed by atoms with Crippen LogP contribution in [0.2, 0.25) is 0 Å². The maximum atomic E-state index is 13.2. The molecule has 0 radical (unpaired) electrons. The van der Waals surface area contributed by atoms with E-state index in [2.05, 4.69) is 31.2 Å². The molecule has 4 aromatic carbocycles. The normalized spacial score (nSPS) is 14.0. The van der Waals surface area contributed by atoms with E-state index in [-0.39, 0.29) is 34.5 Å². The first-order valence-corrected chi connectivity index (χ1v) is 21.2. The molecule has 4 amide bonds. The first-order valence-electron chi connectivity index (χ1n) is 21.2. The predicted octanol–water partition coefficient (Wildman–Crippen LogP) is 6.77. The summed E-state index contributed by atoms with van der Waals surface area (Å²) in [6.45, 7) is 3.85. The Morgan fingerprint density at radius 2 is 0.923 bits per heavy atom. The number of aromatic carboxylic acids is 1. The van der Waals surface area contributed by atoms with Gasteiger partial charge in [0, 0.05) is 63.0 Å². The largest absolute Gasteiger partial charge is 0.478 e. The molecule has 65 heavy (non-hydrogen) atoms. The number of ether oxygens (including phenoxy) is 3. The van der Waals surface area contributed by atoms with Crippen LogP contribution in [0, 0.1) is 11.8 Å². The standard InChI is InChI=1S/C25H25N3O5.C24H23N3O5/c1-32-25(31)20-9-8-19(17-5-2-3-6-18(17)20)23(29)28-21-7-4-12-26-22(21)24(30)27-15-16-10-13-33-14-11-16;28-22(18-7-8-19(24(30)31)17-5-2-1-4-16(17)18)27-20-6-3-11-25-21(20)23(29)26-14-15-9-12-32-13-10-15/h2-9,12,16H,10-11,13-15H2,1H3,(H,27,30)(H,28,29);1-8,11,15H,9-10,12-14H2,(H,26,29)(H,27,28)(H,30,31). The van der Waals surface area contributed by atoms with E-state index in [1.54, 1.807) is 84.9 Å². The average Bonchev–Trinajstić information content (AvgIpc) is 3.35. The number of fused-ring (bicyclic) bond motifs is 2. The SMILES string of the molecule is COC(=O)c1ccc(C(=O)Nc2cccnc2C(=O)NCC2CCOCC2)c2ccccc12.O=C(NCC1CCOCC1)c1ncccc1NC(=O)c1ccc(C(=O)O)c2ccccc12. The molecule has 16 nitrogen and oxygen atoms in total. The third-order valence-corrected chi connectivity index (χ3v) is 11.3. The number of carbonyl (C=O) groups is 6. The Kier molecular flexibility index (Phi) is 15.2. The number of carboxylic acid groups (broad SMARTS) is 1. The molecular formula is C49H48N6O10. The number of anilines is 2. The molecule has 2 aromatic heterocycles. The van der Waals surface area contributed by atoms with Gasteiger partial charge in [-0.3, -0.25) is 19.2 Å². The zero-order valence-corrected chi connectivity index (χ0v) is 35.6. The van der Waals surface area contributed by atoms with E-state index in [1.165, 1.54) is 31.6 Å². The Morgan fingerprint density at radius 3 is 1.34 bits per heavy atom. The van der Waals surface area contributed by atoms with E-state index in [4.69, 9.17) is 14.2 Å². The van der Waals surface area contributed by atoms with Gasteiger partial charge in [-0.25, -0.2) is 19.6 Å². The summed E-state index contributed by atoms with van der Waals surface area (Å²) in [6, 6.07) is 26.5. The van der Waals surface area contributed by atoms with Crippen molar-refractivity contribution in [3.63, 3.8) is 0 Å². The first-order chi connectivity index (χ1) is 31.6. The number of benzene rings is 4. The lowest BCUT2D eigenvalue weighted by Crippen LogP contribution is -2.33. The fourth-order valence-electron chi connectivity index (χ4n) is 7.76. The van der Waals surface area contributed by atoms with Crippen LogP contribution in [0.4, 0.5) is 11.4 Å². The zero-order valence-electron chi connectivity index (χ0n) is 35.6. The molecule has 2 aliphatic rings. The van der Waals surface area contributed by atoms with Crippen LogP contribution in [0.25, 0.3) is 21.5 Å². The van der Waals surface area contributed by atoms with E-state index in [9.17, 15) is 33.9 Å². The Labute approximate surface area is 374 Å². The number of rotatable bonds is 12. The average molecular weight is 881 g/mol. The number of methoxy groups -OCH3 is 1. The third kappa shape index (κ3) is 11.2. The van der Waals surface area contributed by atoms with Crippen LogP contribution in [-0.2, 0) is 14.2 Å². The summed E-state index contributed by atoms with van der Waals surface area (Å²) in [4.78, 5) is 83.7. The van der Waals surface area contributed by atoms with Crippen molar-refractivity contribution < 1.29 is 48.1 Å². The molecule has 2 fully saturated rings. The number of amides is 4. The lowest BCUT2D eigenvalue weighted by Gasteiger charge is -2.22. The number of esters is 1. The number of aromatic nitrogens is 2. The van der Waals surface area contributed by atoms with Gasteiger partial charge in [0.15, 0.2) is 11.4 Å². The molecule has 0 saturated carbocycles. The molecule has 5 N–H and O–H groups in total. The van der Waals surface area contributed by atoms with Gasteiger partial charge in [0.25, 0.3) is 23.6 Å². The summed E-state index contributed by atoms with van der Waals surface area (Å²) in [5.41, 5.74) is 2.04. The van der Waals surface area contributed by atoms with E-state index in [1.807, 2.05) is 0 Å². The fraction of sp³-hybridized carbons (Fsp3) is 0.265. The zero-order chi connectivity index (χ0) is 45.7. The topological polar surface area (TPSA) is 224 Å². The number of nitrogens with zero attached hydrogens (tertiary/aromatic N) is 2.